The number of rotatable bonds is 4. The molecule has 1 heterocycles. The molecule has 5 heteroatoms. The first-order valence-corrected chi connectivity index (χ1v) is 4.30. The maximum atomic E-state index is 10.7. The van der Waals surface area contributed by atoms with Crippen LogP contribution in [0.3, 0.4) is 0 Å². The van der Waals surface area contributed by atoms with Crippen molar-refractivity contribution < 1.29 is 19.8 Å². The van der Waals surface area contributed by atoms with E-state index in [-0.39, 0.29) is 6.42 Å². The number of hydrogen-bond acceptors (Lipinski definition) is 3. The maximum Gasteiger partial charge on any atom is 0.320 e. The van der Waals surface area contributed by atoms with Gasteiger partial charge in [0.05, 0.1) is 6.42 Å². The van der Waals surface area contributed by atoms with Crippen molar-refractivity contribution in [1.82, 2.24) is 4.90 Å². The van der Waals surface area contributed by atoms with E-state index in [1.807, 2.05) is 0 Å². The Bertz CT molecular complexity index is 216. The van der Waals surface area contributed by atoms with E-state index in [0.717, 1.165) is 6.42 Å². The van der Waals surface area contributed by atoms with Crippen molar-refractivity contribution in [2.75, 3.05) is 13.1 Å². The monoisotopic (exact) mass is 187 g/mol. The molecule has 0 spiro atoms. The highest BCUT2D eigenvalue weighted by molar-refractivity contribution is 5.74. The molecular formula is C8H13NO4. The van der Waals surface area contributed by atoms with E-state index < -0.39 is 18.0 Å². The van der Waals surface area contributed by atoms with Gasteiger partial charge in [-0.05, 0) is 19.4 Å². The molecule has 1 aliphatic rings. The summed E-state index contributed by atoms with van der Waals surface area (Å²) in [5.41, 5.74) is 0. The molecule has 13 heavy (non-hydrogen) atoms. The molecule has 0 aliphatic carbocycles. The number of aliphatic carboxylic acids is 2. The van der Waals surface area contributed by atoms with Gasteiger partial charge in [0.15, 0.2) is 0 Å². The Morgan fingerprint density at radius 3 is 2.62 bits per heavy atom. The second-order valence-electron chi connectivity index (χ2n) is 3.18. The molecule has 0 bridgehead atoms. The fourth-order valence-electron chi connectivity index (χ4n) is 1.61. The molecule has 0 amide bonds. The van der Waals surface area contributed by atoms with Crippen LogP contribution in [-0.2, 0) is 9.59 Å². The third kappa shape index (κ3) is 2.69. The van der Waals surface area contributed by atoms with Gasteiger partial charge in [0.25, 0.3) is 0 Å². The summed E-state index contributed by atoms with van der Waals surface area (Å²) in [6, 6.07) is -0.473. The molecule has 0 aromatic carbocycles. The molecule has 0 aromatic rings. The number of hydrogen-bond donors (Lipinski definition) is 2. The Labute approximate surface area is 76.0 Å². The molecule has 1 aliphatic heterocycles. The Morgan fingerprint density at radius 1 is 1.38 bits per heavy atom. The van der Waals surface area contributed by atoms with Crippen LogP contribution < -0.4 is 0 Å². The number of carboxylic acid groups (broad SMARTS) is 2. The minimum absolute atomic E-state index is 0.0176. The van der Waals surface area contributed by atoms with Gasteiger partial charge in [-0.1, -0.05) is 0 Å². The lowest BCUT2D eigenvalue weighted by atomic mass is 10.2. The van der Waals surface area contributed by atoms with E-state index in [4.69, 9.17) is 10.2 Å². The van der Waals surface area contributed by atoms with Gasteiger partial charge in [0.2, 0.25) is 0 Å². The van der Waals surface area contributed by atoms with E-state index in [1.54, 1.807) is 4.90 Å². The summed E-state index contributed by atoms with van der Waals surface area (Å²) in [7, 11) is 0. The van der Waals surface area contributed by atoms with Crippen molar-refractivity contribution in [3.63, 3.8) is 0 Å². The standard InChI is InChI=1S/C8H13NO4/c10-7(11)3-5-9-4-1-2-6(9)8(12)13/h6H,1-5H2,(H,10,11)(H,12,13). The third-order valence-electron chi connectivity index (χ3n) is 2.26. The SMILES string of the molecule is O=C(O)CCN1CCCC1C(=O)O. The Morgan fingerprint density at radius 2 is 2.08 bits per heavy atom. The summed E-state index contributed by atoms with van der Waals surface area (Å²) in [6.45, 7) is 1.04. The summed E-state index contributed by atoms with van der Waals surface area (Å²) >= 11 is 0. The lowest BCUT2D eigenvalue weighted by molar-refractivity contribution is -0.143. The van der Waals surface area contributed by atoms with Crippen molar-refractivity contribution in [2.24, 2.45) is 0 Å². The van der Waals surface area contributed by atoms with E-state index in [1.165, 1.54) is 0 Å². The second kappa shape index (κ2) is 4.23. The van der Waals surface area contributed by atoms with Gasteiger partial charge < -0.3 is 10.2 Å². The van der Waals surface area contributed by atoms with Crippen molar-refractivity contribution in [3.05, 3.63) is 0 Å². The van der Waals surface area contributed by atoms with E-state index in [9.17, 15) is 9.59 Å². The smallest absolute Gasteiger partial charge is 0.320 e. The van der Waals surface area contributed by atoms with Gasteiger partial charge in [-0.3, -0.25) is 14.5 Å². The number of nitrogens with zero attached hydrogens (tertiary/aromatic N) is 1. The van der Waals surface area contributed by atoms with Crippen LogP contribution in [0.15, 0.2) is 0 Å². The number of likely N-dealkylation sites (tertiary alicyclic amines) is 1. The molecule has 1 atom stereocenters. The van der Waals surface area contributed by atoms with Crippen LogP contribution in [0.2, 0.25) is 0 Å². The predicted octanol–water partition coefficient (Wildman–Crippen LogP) is 0.0101. The molecule has 2 N–H and O–H groups in total. The van der Waals surface area contributed by atoms with Crippen LogP contribution in [0.4, 0.5) is 0 Å². The third-order valence-corrected chi connectivity index (χ3v) is 2.26. The van der Waals surface area contributed by atoms with Crippen molar-refractivity contribution in [3.8, 4) is 0 Å². The van der Waals surface area contributed by atoms with Crippen LogP contribution in [0.5, 0.6) is 0 Å². The maximum absolute atomic E-state index is 10.7. The van der Waals surface area contributed by atoms with Gasteiger partial charge in [-0.2, -0.15) is 0 Å². The first-order valence-electron chi connectivity index (χ1n) is 4.30. The van der Waals surface area contributed by atoms with E-state index >= 15 is 0 Å². The van der Waals surface area contributed by atoms with Crippen molar-refractivity contribution in [2.45, 2.75) is 25.3 Å². The molecule has 1 fully saturated rings. The molecule has 1 saturated heterocycles. The zero-order chi connectivity index (χ0) is 9.84. The average Bonchev–Trinajstić information content (AvgIpc) is 2.47. The topological polar surface area (TPSA) is 77.8 Å². The van der Waals surface area contributed by atoms with Crippen LogP contribution in [0, 0.1) is 0 Å². The van der Waals surface area contributed by atoms with Gasteiger partial charge in [0.1, 0.15) is 6.04 Å². The first-order chi connectivity index (χ1) is 6.11. The first kappa shape index (κ1) is 9.98. The van der Waals surface area contributed by atoms with Gasteiger partial charge >= 0.3 is 11.9 Å². The highest BCUT2D eigenvalue weighted by Gasteiger charge is 2.30. The van der Waals surface area contributed by atoms with Crippen LogP contribution in [-0.4, -0.2) is 46.2 Å². The number of carboxylic acids is 2. The van der Waals surface area contributed by atoms with Gasteiger partial charge in [-0.15, -0.1) is 0 Å². The minimum atomic E-state index is -0.879. The summed E-state index contributed by atoms with van der Waals surface area (Å²) in [4.78, 5) is 22.6. The van der Waals surface area contributed by atoms with Crippen LogP contribution in [0.25, 0.3) is 0 Å². The zero-order valence-corrected chi connectivity index (χ0v) is 7.27. The summed E-state index contributed by atoms with van der Waals surface area (Å²) in [5, 5.41) is 17.2. The molecule has 5 nitrogen and oxygen atoms in total. The van der Waals surface area contributed by atoms with E-state index in [0.29, 0.717) is 19.5 Å². The number of carbonyl (C=O) groups is 2. The Balaban J connectivity index is 2.39. The Kier molecular flexibility index (Phi) is 3.25. The quantitative estimate of drug-likeness (QED) is 0.648. The second-order valence-corrected chi connectivity index (χ2v) is 3.18. The fraction of sp³-hybridized carbons (Fsp3) is 0.750. The van der Waals surface area contributed by atoms with Crippen LogP contribution in [0.1, 0.15) is 19.3 Å². The summed E-state index contributed by atoms with van der Waals surface area (Å²) in [5.74, 6) is -1.72. The molecule has 0 radical (unpaired) electrons. The van der Waals surface area contributed by atoms with Gasteiger partial charge in [0, 0.05) is 6.54 Å². The summed E-state index contributed by atoms with van der Waals surface area (Å²) in [6.07, 6.45) is 1.50. The largest absolute Gasteiger partial charge is 0.481 e. The highest BCUT2D eigenvalue weighted by atomic mass is 16.4. The summed E-state index contributed by atoms with van der Waals surface area (Å²) < 4.78 is 0. The molecule has 0 saturated carbocycles. The van der Waals surface area contributed by atoms with E-state index in [2.05, 4.69) is 0 Å². The van der Waals surface area contributed by atoms with Crippen molar-refractivity contribution in [1.29, 1.82) is 0 Å². The molecule has 74 valence electrons. The molecular weight excluding hydrogens is 174 g/mol. The lowest BCUT2D eigenvalue weighted by Crippen LogP contribution is -2.37. The van der Waals surface area contributed by atoms with Crippen LogP contribution >= 0.6 is 0 Å². The predicted molar refractivity (Wildman–Crippen MR) is 44.5 cm³/mol. The lowest BCUT2D eigenvalue weighted by Gasteiger charge is -2.19. The molecule has 1 rings (SSSR count). The average molecular weight is 187 g/mol. The van der Waals surface area contributed by atoms with Gasteiger partial charge in [-0.25, -0.2) is 0 Å². The minimum Gasteiger partial charge on any atom is -0.481 e. The zero-order valence-electron chi connectivity index (χ0n) is 7.27. The van der Waals surface area contributed by atoms with Crippen molar-refractivity contribution >= 4 is 11.9 Å². The highest BCUT2D eigenvalue weighted by Crippen LogP contribution is 2.17. The molecule has 1 unspecified atom stereocenters. The Hall–Kier alpha value is -1.10. The molecule has 0 aromatic heterocycles. The normalized spacial score (nSPS) is 23.2. The fourth-order valence-corrected chi connectivity index (χ4v) is 1.61.